The lowest BCUT2D eigenvalue weighted by atomic mass is 10.1. The monoisotopic (exact) mass is 349 g/mol. The Morgan fingerprint density at radius 1 is 1.08 bits per heavy atom. The van der Waals surface area contributed by atoms with Crippen molar-refractivity contribution in [1.82, 2.24) is 20.5 Å². The standard InChI is InChI=1S/C19H19N5O2/c1-20-18(25)10-9-13-6-2-3-7-14(13)22-19(26)17-12-16(23-24-17)15-8-4-5-11-21-15/h2-8,11-12H,9-10H2,1H3,(H,20,25)(H,22,26)(H,23,24). The van der Waals surface area contributed by atoms with Crippen molar-refractivity contribution in [2.45, 2.75) is 12.8 Å². The summed E-state index contributed by atoms with van der Waals surface area (Å²) in [5.74, 6) is -0.341. The molecule has 26 heavy (non-hydrogen) atoms. The molecule has 132 valence electrons. The molecule has 0 saturated carbocycles. The van der Waals surface area contributed by atoms with Gasteiger partial charge in [0.1, 0.15) is 11.4 Å². The third kappa shape index (κ3) is 4.13. The summed E-state index contributed by atoms with van der Waals surface area (Å²) in [6, 6.07) is 14.6. The van der Waals surface area contributed by atoms with Crippen LogP contribution in [0.1, 0.15) is 22.5 Å². The van der Waals surface area contributed by atoms with Crippen LogP contribution in [0.15, 0.2) is 54.7 Å². The maximum atomic E-state index is 12.5. The normalized spacial score (nSPS) is 10.3. The Bertz CT molecular complexity index is 905. The summed E-state index contributed by atoms with van der Waals surface area (Å²) >= 11 is 0. The third-order valence-electron chi connectivity index (χ3n) is 3.92. The van der Waals surface area contributed by atoms with Gasteiger partial charge in [-0.2, -0.15) is 5.10 Å². The summed E-state index contributed by atoms with van der Waals surface area (Å²) in [7, 11) is 1.60. The zero-order chi connectivity index (χ0) is 18.4. The van der Waals surface area contributed by atoms with E-state index in [0.717, 1.165) is 5.56 Å². The van der Waals surface area contributed by atoms with Crippen LogP contribution in [0.5, 0.6) is 0 Å². The first kappa shape index (κ1) is 17.3. The highest BCUT2D eigenvalue weighted by Crippen LogP contribution is 2.19. The van der Waals surface area contributed by atoms with Gasteiger partial charge in [-0.15, -0.1) is 0 Å². The molecule has 0 aliphatic rings. The Balaban J connectivity index is 1.73. The highest BCUT2D eigenvalue weighted by molar-refractivity contribution is 6.03. The van der Waals surface area contributed by atoms with E-state index in [9.17, 15) is 9.59 Å². The molecule has 0 atom stereocenters. The number of carbonyl (C=O) groups excluding carboxylic acids is 2. The number of aryl methyl sites for hydroxylation is 1. The number of carbonyl (C=O) groups is 2. The van der Waals surface area contributed by atoms with Gasteiger partial charge in [0.2, 0.25) is 5.91 Å². The molecule has 0 bridgehead atoms. The van der Waals surface area contributed by atoms with Crippen molar-refractivity contribution in [1.29, 1.82) is 0 Å². The molecule has 3 aromatic rings. The number of anilines is 1. The second kappa shape index (κ2) is 8.06. The van der Waals surface area contributed by atoms with Crippen LogP contribution in [0.4, 0.5) is 5.69 Å². The molecule has 0 unspecified atom stereocenters. The fourth-order valence-electron chi connectivity index (χ4n) is 2.51. The molecule has 7 heteroatoms. The predicted molar refractivity (Wildman–Crippen MR) is 98.6 cm³/mol. The predicted octanol–water partition coefficient (Wildman–Crippen LogP) is 2.40. The van der Waals surface area contributed by atoms with Crippen molar-refractivity contribution >= 4 is 17.5 Å². The topological polar surface area (TPSA) is 99.8 Å². The van der Waals surface area contributed by atoms with E-state index < -0.39 is 0 Å². The second-order valence-corrected chi connectivity index (χ2v) is 5.67. The van der Waals surface area contributed by atoms with E-state index in [1.165, 1.54) is 0 Å². The molecule has 0 saturated heterocycles. The molecule has 0 fully saturated rings. The number of benzene rings is 1. The van der Waals surface area contributed by atoms with Gasteiger partial charge in [0.15, 0.2) is 0 Å². The highest BCUT2D eigenvalue weighted by atomic mass is 16.2. The number of aromatic amines is 1. The number of H-pyrrole nitrogens is 1. The molecule has 0 aliphatic carbocycles. The minimum atomic E-state index is -0.299. The van der Waals surface area contributed by atoms with E-state index in [4.69, 9.17) is 0 Å². The van der Waals surface area contributed by atoms with Gasteiger partial charge in [0.05, 0.1) is 5.69 Å². The van der Waals surface area contributed by atoms with Crippen LogP contribution in [0.25, 0.3) is 11.4 Å². The van der Waals surface area contributed by atoms with Crippen LogP contribution in [0.2, 0.25) is 0 Å². The van der Waals surface area contributed by atoms with Crippen LogP contribution in [0.3, 0.4) is 0 Å². The summed E-state index contributed by atoms with van der Waals surface area (Å²) in [6.45, 7) is 0. The Labute approximate surface area is 150 Å². The van der Waals surface area contributed by atoms with Gasteiger partial charge in [-0.05, 0) is 36.2 Å². The number of aromatic nitrogens is 3. The zero-order valence-corrected chi connectivity index (χ0v) is 14.3. The van der Waals surface area contributed by atoms with E-state index in [1.54, 1.807) is 19.3 Å². The largest absolute Gasteiger partial charge is 0.359 e. The Kier molecular flexibility index (Phi) is 5.38. The van der Waals surface area contributed by atoms with Crippen molar-refractivity contribution in [3.8, 4) is 11.4 Å². The van der Waals surface area contributed by atoms with Crippen molar-refractivity contribution in [3.05, 3.63) is 66.0 Å². The van der Waals surface area contributed by atoms with Gasteiger partial charge in [-0.3, -0.25) is 19.7 Å². The summed E-state index contributed by atoms with van der Waals surface area (Å²) in [6.07, 6.45) is 2.57. The highest BCUT2D eigenvalue weighted by Gasteiger charge is 2.13. The molecule has 0 aliphatic heterocycles. The van der Waals surface area contributed by atoms with E-state index >= 15 is 0 Å². The first-order valence-electron chi connectivity index (χ1n) is 8.24. The maximum absolute atomic E-state index is 12.5. The number of amides is 2. The molecular weight excluding hydrogens is 330 g/mol. The summed E-state index contributed by atoms with van der Waals surface area (Å²) in [5, 5.41) is 12.3. The Morgan fingerprint density at radius 2 is 1.88 bits per heavy atom. The molecule has 0 spiro atoms. The Morgan fingerprint density at radius 3 is 2.65 bits per heavy atom. The van der Waals surface area contributed by atoms with E-state index in [-0.39, 0.29) is 11.8 Å². The number of nitrogens with zero attached hydrogens (tertiary/aromatic N) is 2. The van der Waals surface area contributed by atoms with Gasteiger partial charge in [-0.1, -0.05) is 24.3 Å². The number of para-hydroxylation sites is 1. The lowest BCUT2D eigenvalue weighted by Gasteiger charge is -2.10. The van der Waals surface area contributed by atoms with E-state index in [2.05, 4.69) is 25.8 Å². The van der Waals surface area contributed by atoms with Gasteiger partial charge >= 0.3 is 0 Å². The average molecular weight is 349 g/mol. The van der Waals surface area contributed by atoms with Crippen LogP contribution in [0, 0.1) is 0 Å². The Hall–Kier alpha value is -3.48. The number of hydrogen-bond acceptors (Lipinski definition) is 4. The van der Waals surface area contributed by atoms with E-state index in [1.807, 2.05) is 42.5 Å². The van der Waals surface area contributed by atoms with E-state index in [0.29, 0.717) is 35.6 Å². The minimum absolute atomic E-state index is 0.0419. The SMILES string of the molecule is CNC(=O)CCc1ccccc1NC(=O)c1cc(-c2ccccn2)n[nH]1. The van der Waals surface area contributed by atoms with Crippen molar-refractivity contribution in [2.24, 2.45) is 0 Å². The van der Waals surface area contributed by atoms with Gasteiger partial charge < -0.3 is 10.6 Å². The van der Waals surface area contributed by atoms with Gasteiger partial charge in [0.25, 0.3) is 5.91 Å². The van der Waals surface area contributed by atoms with Gasteiger partial charge in [0, 0.05) is 25.4 Å². The van der Waals surface area contributed by atoms with Crippen LogP contribution >= 0.6 is 0 Å². The average Bonchev–Trinajstić information content (AvgIpc) is 3.18. The van der Waals surface area contributed by atoms with Crippen LogP contribution < -0.4 is 10.6 Å². The summed E-state index contributed by atoms with van der Waals surface area (Å²) < 4.78 is 0. The summed E-state index contributed by atoms with van der Waals surface area (Å²) in [5.41, 5.74) is 3.20. The van der Waals surface area contributed by atoms with Crippen molar-refractivity contribution < 1.29 is 9.59 Å². The number of hydrogen-bond donors (Lipinski definition) is 3. The molecular formula is C19H19N5O2. The lowest BCUT2D eigenvalue weighted by molar-refractivity contribution is -0.120. The number of pyridine rings is 1. The molecule has 2 aromatic heterocycles. The maximum Gasteiger partial charge on any atom is 0.273 e. The quantitative estimate of drug-likeness (QED) is 0.636. The number of nitrogens with one attached hydrogen (secondary N) is 3. The second-order valence-electron chi connectivity index (χ2n) is 5.67. The fraction of sp³-hybridized carbons (Fsp3) is 0.158. The molecule has 3 rings (SSSR count). The number of rotatable bonds is 6. The first-order valence-corrected chi connectivity index (χ1v) is 8.24. The van der Waals surface area contributed by atoms with Gasteiger partial charge in [-0.25, -0.2) is 0 Å². The lowest BCUT2D eigenvalue weighted by Crippen LogP contribution is -2.19. The fourth-order valence-corrected chi connectivity index (χ4v) is 2.51. The first-order chi connectivity index (χ1) is 12.7. The smallest absolute Gasteiger partial charge is 0.273 e. The third-order valence-corrected chi connectivity index (χ3v) is 3.92. The molecule has 3 N–H and O–H groups in total. The van der Waals surface area contributed by atoms with Crippen LogP contribution in [-0.2, 0) is 11.2 Å². The molecule has 0 radical (unpaired) electrons. The van der Waals surface area contributed by atoms with Crippen molar-refractivity contribution in [2.75, 3.05) is 12.4 Å². The molecule has 1 aromatic carbocycles. The minimum Gasteiger partial charge on any atom is -0.359 e. The summed E-state index contributed by atoms with van der Waals surface area (Å²) in [4.78, 5) is 28.2. The van der Waals surface area contributed by atoms with Crippen molar-refractivity contribution in [3.63, 3.8) is 0 Å². The molecule has 2 heterocycles. The molecule has 7 nitrogen and oxygen atoms in total. The zero-order valence-electron chi connectivity index (χ0n) is 14.3. The van der Waals surface area contributed by atoms with Crippen LogP contribution in [-0.4, -0.2) is 34.0 Å². The molecule has 2 amide bonds.